The van der Waals surface area contributed by atoms with E-state index in [4.69, 9.17) is 0 Å². The van der Waals surface area contributed by atoms with E-state index in [-0.39, 0.29) is 11.8 Å². The molecule has 1 aliphatic heterocycles. The van der Waals surface area contributed by atoms with Crippen LogP contribution in [-0.4, -0.2) is 22.9 Å². The lowest BCUT2D eigenvalue weighted by molar-refractivity contribution is -0.115. The predicted molar refractivity (Wildman–Crippen MR) is 126 cm³/mol. The van der Waals surface area contributed by atoms with E-state index < -0.39 is 0 Å². The third kappa shape index (κ3) is 3.93. The van der Waals surface area contributed by atoms with Crippen molar-refractivity contribution in [3.63, 3.8) is 0 Å². The standard InChI is InChI=1S/C27H23N3O2/c31-26(19-20-7-2-1-3-8-20)28-22-14-12-21(13-15-22)27(32)30-18-16-23-9-6-17-29(23)24-10-4-5-11-25(24)30/h1-15,17H,16,18-19H2,(H,28,31). The van der Waals surface area contributed by atoms with Crippen LogP contribution in [0.2, 0.25) is 0 Å². The van der Waals surface area contributed by atoms with Gasteiger partial charge < -0.3 is 14.8 Å². The number of hydrogen-bond acceptors (Lipinski definition) is 2. The minimum absolute atomic E-state index is 0.0506. The number of carbonyl (C=O) groups is 2. The fourth-order valence-corrected chi connectivity index (χ4v) is 4.15. The molecule has 3 aromatic carbocycles. The first-order valence-corrected chi connectivity index (χ1v) is 10.7. The van der Waals surface area contributed by atoms with E-state index >= 15 is 0 Å². The Morgan fingerprint density at radius 2 is 1.50 bits per heavy atom. The Morgan fingerprint density at radius 1 is 0.781 bits per heavy atom. The molecule has 0 spiro atoms. The van der Waals surface area contributed by atoms with Crippen molar-refractivity contribution < 1.29 is 9.59 Å². The van der Waals surface area contributed by atoms with Crippen molar-refractivity contribution in [1.29, 1.82) is 0 Å². The summed E-state index contributed by atoms with van der Waals surface area (Å²) in [5.74, 6) is -0.135. The monoisotopic (exact) mass is 421 g/mol. The molecule has 4 aromatic rings. The average Bonchev–Trinajstić information content (AvgIpc) is 3.23. The van der Waals surface area contributed by atoms with Crippen LogP contribution in [0.5, 0.6) is 0 Å². The molecule has 5 heteroatoms. The molecule has 0 saturated carbocycles. The average molecular weight is 422 g/mol. The number of hydrogen-bond donors (Lipinski definition) is 1. The van der Waals surface area contributed by atoms with Gasteiger partial charge in [-0.1, -0.05) is 42.5 Å². The number of amides is 2. The van der Waals surface area contributed by atoms with Crippen molar-refractivity contribution in [3.8, 4) is 5.69 Å². The fourth-order valence-electron chi connectivity index (χ4n) is 4.15. The molecule has 1 aromatic heterocycles. The van der Waals surface area contributed by atoms with Crippen LogP contribution in [-0.2, 0) is 17.6 Å². The quantitative estimate of drug-likeness (QED) is 0.512. The van der Waals surface area contributed by atoms with Crippen LogP contribution in [0.15, 0.2) is 97.2 Å². The number of rotatable bonds is 4. The van der Waals surface area contributed by atoms with Crippen LogP contribution in [0.4, 0.5) is 11.4 Å². The van der Waals surface area contributed by atoms with Gasteiger partial charge in [0.15, 0.2) is 0 Å². The Balaban J connectivity index is 1.33. The molecule has 158 valence electrons. The molecule has 32 heavy (non-hydrogen) atoms. The fraction of sp³-hybridized carbons (Fsp3) is 0.111. The first-order chi connectivity index (χ1) is 15.7. The zero-order valence-electron chi connectivity index (χ0n) is 17.6. The first-order valence-electron chi connectivity index (χ1n) is 10.7. The summed E-state index contributed by atoms with van der Waals surface area (Å²) in [5.41, 5.74) is 5.31. The van der Waals surface area contributed by atoms with E-state index in [0.717, 1.165) is 23.4 Å². The lowest BCUT2D eigenvalue weighted by Crippen LogP contribution is -2.32. The molecule has 1 N–H and O–H groups in total. The van der Waals surface area contributed by atoms with Gasteiger partial charge in [-0.05, 0) is 54.1 Å². The van der Waals surface area contributed by atoms with Crippen LogP contribution in [0.1, 0.15) is 21.6 Å². The Morgan fingerprint density at radius 3 is 2.28 bits per heavy atom. The molecule has 2 heterocycles. The second-order valence-corrected chi connectivity index (χ2v) is 7.85. The van der Waals surface area contributed by atoms with Crippen molar-refractivity contribution in [1.82, 2.24) is 4.57 Å². The number of nitrogens with zero attached hydrogens (tertiary/aromatic N) is 2. The zero-order valence-corrected chi connectivity index (χ0v) is 17.6. The molecular formula is C27H23N3O2. The number of para-hydroxylation sites is 2. The van der Waals surface area contributed by atoms with Gasteiger partial charge in [0, 0.05) is 36.1 Å². The summed E-state index contributed by atoms with van der Waals surface area (Å²) in [6.07, 6.45) is 3.13. The summed E-state index contributed by atoms with van der Waals surface area (Å²) in [6.45, 7) is 0.607. The van der Waals surface area contributed by atoms with E-state index in [1.807, 2.05) is 71.8 Å². The highest BCUT2D eigenvalue weighted by Gasteiger charge is 2.24. The predicted octanol–water partition coefficient (Wildman–Crippen LogP) is 4.86. The summed E-state index contributed by atoms with van der Waals surface area (Å²) >= 11 is 0. The van der Waals surface area contributed by atoms with E-state index in [0.29, 0.717) is 24.2 Å². The molecule has 0 aliphatic carbocycles. The lowest BCUT2D eigenvalue weighted by atomic mass is 10.1. The van der Waals surface area contributed by atoms with Gasteiger partial charge in [0.25, 0.3) is 5.91 Å². The topological polar surface area (TPSA) is 54.3 Å². The summed E-state index contributed by atoms with van der Waals surface area (Å²) in [7, 11) is 0. The number of aromatic nitrogens is 1. The third-order valence-electron chi connectivity index (χ3n) is 5.73. The van der Waals surface area contributed by atoms with Crippen molar-refractivity contribution in [2.45, 2.75) is 12.8 Å². The van der Waals surface area contributed by atoms with Gasteiger partial charge in [0.2, 0.25) is 5.91 Å². The Kier molecular flexibility index (Phi) is 5.30. The van der Waals surface area contributed by atoms with Gasteiger partial charge in [-0.15, -0.1) is 0 Å². The molecule has 5 nitrogen and oxygen atoms in total. The number of benzene rings is 3. The van der Waals surface area contributed by atoms with E-state index in [1.54, 1.807) is 24.3 Å². The van der Waals surface area contributed by atoms with Crippen LogP contribution >= 0.6 is 0 Å². The molecule has 0 bridgehead atoms. The highest BCUT2D eigenvalue weighted by molar-refractivity contribution is 6.07. The van der Waals surface area contributed by atoms with Gasteiger partial charge in [0.05, 0.1) is 17.8 Å². The zero-order chi connectivity index (χ0) is 21.9. The van der Waals surface area contributed by atoms with Crippen molar-refractivity contribution in [2.75, 3.05) is 16.8 Å². The van der Waals surface area contributed by atoms with Crippen LogP contribution in [0.25, 0.3) is 5.69 Å². The van der Waals surface area contributed by atoms with Crippen molar-refractivity contribution >= 4 is 23.2 Å². The van der Waals surface area contributed by atoms with Gasteiger partial charge in [-0.25, -0.2) is 0 Å². The number of anilines is 2. The highest BCUT2D eigenvalue weighted by atomic mass is 16.2. The van der Waals surface area contributed by atoms with E-state index in [1.165, 1.54) is 5.69 Å². The summed E-state index contributed by atoms with van der Waals surface area (Å²) in [4.78, 5) is 27.5. The van der Waals surface area contributed by atoms with Gasteiger partial charge in [0.1, 0.15) is 0 Å². The van der Waals surface area contributed by atoms with Crippen LogP contribution in [0, 0.1) is 0 Å². The third-order valence-corrected chi connectivity index (χ3v) is 5.73. The maximum absolute atomic E-state index is 13.4. The summed E-state index contributed by atoms with van der Waals surface area (Å²) in [6, 6.07) is 28.8. The molecule has 0 unspecified atom stereocenters. The second kappa shape index (κ2) is 8.55. The molecule has 0 saturated heterocycles. The summed E-state index contributed by atoms with van der Waals surface area (Å²) < 4.78 is 2.15. The lowest BCUT2D eigenvalue weighted by Gasteiger charge is -2.23. The van der Waals surface area contributed by atoms with E-state index in [9.17, 15) is 9.59 Å². The number of fused-ring (bicyclic) bond motifs is 3. The van der Waals surface area contributed by atoms with Crippen molar-refractivity contribution in [3.05, 3.63) is 114 Å². The minimum atomic E-state index is -0.0846. The molecule has 5 rings (SSSR count). The maximum atomic E-state index is 13.4. The molecule has 2 amide bonds. The number of carbonyl (C=O) groups excluding carboxylic acids is 2. The smallest absolute Gasteiger partial charge is 0.258 e. The Labute approximate surface area is 186 Å². The van der Waals surface area contributed by atoms with Gasteiger partial charge >= 0.3 is 0 Å². The second-order valence-electron chi connectivity index (χ2n) is 7.85. The molecule has 0 radical (unpaired) electrons. The largest absolute Gasteiger partial charge is 0.326 e. The van der Waals surface area contributed by atoms with Crippen LogP contribution < -0.4 is 10.2 Å². The van der Waals surface area contributed by atoms with Gasteiger partial charge in [-0.2, -0.15) is 0 Å². The molecule has 0 atom stereocenters. The number of nitrogens with one attached hydrogen (secondary N) is 1. The van der Waals surface area contributed by atoms with E-state index in [2.05, 4.69) is 16.0 Å². The molecular weight excluding hydrogens is 398 g/mol. The minimum Gasteiger partial charge on any atom is -0.326 e. The van der Waals surface area contributed by atoms with Crippen molar-refractivity contribution in [2.24, 2.45) is 0 Å². The first kappa shape index (κ1) is 19.8. The molecule has 0 fully saturated rings. The molecule has 1 aliphatic rings. The Bertz CT molecular complexity index is 1260. The Hall–Kier alpha value is -4.12. The highest BCUT2D eigenvalue weighted by Crippen LogP contribution is 2.30. The maximum Gasteiger partial charge on any atom is 0.258 e. The normalized spacial score (nSPS) is 12.4. The SMILES string of the molecule is O=C(Cc1ccccc1)Nc1ccc(C(=O)N2CCc3cccn3-c3ccccc32)cc1. The van der Waals surface area contributed by atoms with Crippen LogP contribution in [0.3, 0.4) is 0 Å². The van der Waals surface area contributed by atoms with Gasteiger partial charge in [-0.3, -0.25) is 9.59 Å². The summed E-state index contributed by atoms with van der Waals surface area (Å²) in [5, 5.41) is 2.90.